The number of fused-ring (bicyclic) bond motifs is 1. The smallest absolute Gasteiger partial charge is 0.237 e. The number of rotatable bonds is 1. The molecule has 0 saturated heterocycles. The van der Waals surface area contributed by atoms with Crippen LogP contribution >= 0.6 is 0 Å². The van der Waals surface area contributed by atoms with Crippen molar-refractivity contribution in [3.05, 3.63) is 23.8 Å². The molecule has 0 spiro atoms. The highest BCUT2D eigenvalue weighted by Crippen LogP contribution is 2.30. The summed E-state index contributed by atoms with van der Waals surface area (Å²) in [6.07, 6.45) is 0.366. The molecule has 1 aliphatic rings. The maximum atomic E-state index is 11.9. The fraction of sp³-hybridized carbons (Fsp3) is 0.333. The van der Waals surface area contributed by atoms with E-state index < -0.39 is 5.92 Å². The highest BCUT2D eigenvalue weighted by molar-refractivity contribution is 6.09. The summed E-state index contributed by atoms with van der Waals surface area (Å²) in [4.78, 5) is 25.1. The van der Waals surface area contributed by atoms with Crippen molar-refractivity contribution in [2.45, 2.75) is 6.42 Å². The first-order valence-electron chi connectivity index (χ1n) is 5.40. The van der Waals surface area contributed by atoms with Crippen molar-refractivity contribution >= 4 is 23.2 Å². The monoisotopic (exact) mass is 233 g/mol. The minimum atomic E-state index is -0.679. The predicted octanol–water partition coefficient (Wildman–Crippen LogP) is 0.468. The van der Waals surface area contributed by atoms with E-state index in [1.165, 1.54) is 4.90 Å². The van der Waals surface area contributed by atoms with Crippen LogP contribution in [0, 0.1) is 5.92 Å². The summed E-state index contributed by atoms with van der Waals surface area (Å²) in [5.41, 5.74) is 8.01. The third kappa shape index (κ3) is 1.95. The largest absolute Gasteiger partial charge is 0.398 e. The van der Waals surface area contributed by atoms with Gasteiger partial charge in [-0.3, -0.25) is 9.59 Å². The Bertz CT molecular complexity index is 483. The predicted molar refractivity (Wildman–Crippen MR) is 65.4 cm³/mol. The molecule has 1 aliphatic heterocycles. The number of nitrogens with two attached hydrogens (primary N) is 1. The number of hydrogen-bond donors (Lipinski definition) is 2. The van der Waals surface area contributed by atoms with Gasteiger partial charge in [-0.05, 0) is 24.1 Å². The Morgan fingerprint density at radius 1 is 1.47 bits per heavy atom. The van der Waals surface area contributed by atoms with Crippen LogP contribution in [0.4, 0.5) is 11.4 Å². The second-order valence-electron chi connectivity index (χ2n) is 4.35. The van der Waals surface area contributed by atoms with Gasteiger partial charge in [0.05, 0.1) is 0 Å². The van der Waals surface area contributed by atoms with Crippen molar-refractivity contribution in [1.82, 2.24) is 4.90 Å². The zero-order chi connectivity index (χ0) is 12.6. The van der Waals surface area contributed by atoms with Crippen molar-refractivity contribution < 1.29 is 9.59 Å². The number of carbonyl (C=O) groups is 2. The standard InChI is InChI=1S/C12H15N3O2/c1-15(2)12(17)8-6-7-9(13)4-3-5-10(7)14-11(8)16/h3-5,8H,6,13H2,1-2H3,(H,14,16). The second-order valence-corrected chi connectivity index (χ2v) is 4.35. The minimum Gasteiger partial charge on any atom is -0.398 e. The van der Waals surface area contributed by atoms with Crippen LogP contribution < -0.4 is 11.1 Å². The van der Waals surface area contributed by atoms with Crippen LogP contribution in [-0.4, -0.2) is 30.8 Å². The molecule has 2 rings (SSSR count). The Kier molecular flexibility index (Phi) is 2.75. The van der Waals surface area contributed by atoms with Gasteiger partial charge in [0.15, 0.2) is 0 Å². The maximum absolute atomic E-state index is 11.9. The third-order valence-corrected chi connectivity index (χ3v) is 2.93. The van der Waals surface area contributed by atoms with Crippen LogP contribution in [0.2, 0.25) is 0 Å². The number of nitrogens with one attached hydrogen (secondary N) is 1. The highest BCUT2D eigenvalue weighted by atomic mass is 16.2. The molecule has 1 aromatic carbocycles. The van der Waals surface area contributed by atoms with Gasteiger partial charge in [0, 0.05) is 25.5 Å². The van der Waals surface area contributed by atoms with Gasteiger partial charge in [-0.25, -0.2) is 0 Å². The molecule has 3 N–H and O–H groups in total. The van der Waals surface area contributed by atoms with Crippen LogP contribution in [0.5, 0.6) is 0 Å². The molecule has 1 heterocycles. The lowest BCUT2D eigenvalue weighted by Gasteiger charge is -2.26. The van der Waals surface area contributed by atoms with Gasteiger partial charge in [0.25, 0.3) is 0 Å². The molecule has 0 aromatic heterocycles. The van der Waals surface area contributed by atoms with Crippen LogP contribution in [-0.2, 0) is 16.0 Å². The van der Waals surface area contributed by atoms with E-state index in [1.54, 1.807) is 32.3 Å². The van der Waals surface area contributed by atoms with Gasteiger partial charge in [-0.1, -0.05) is 6.07 Å². The number of benzene rings is 1. The molecule has 0 bridgehead atoms. The van der Waals surface area contributed by atoms with E-state index in [4.69, 9.17) is 5.73 Å². The Morgan fingerprint density at radius 3 is 2.82 bits per heavy atom. The van der Waals surface area contributed by atoms with Gasteiger partial charge < -0.3 is 16.0 Å². The normalized spacial score (nSPS) is 18.2. The van der Waals surface area contributed by atoms with Crippen molar-refractivity contribution in [1.29, 1.82) is 0 Å². The number of hydrogen-bond acceptors (Lipinski definition) is 3. The Balaban J connectivity index is 2.35. The molecule has 0 radical (unpaired) electrons. The SMILES string of the molecule is CN(C)C(=O)C1Cc2c(N)cccc2NC1=O. The molecule has 0 saturated carbocycles. The first-order chi connectivity index (χ1) is 8.00. The van der Waals surface area contributed by atoms with Crippen LogP contribution in [0.15, 0.2) is 18.2 Å². The van der Waals surface area contributed by atoms with E-state index in [0.717, 1.165) is 5.56 Å². The topological polar surface area (TPSA) is 75.4 Å². The molecule has 1 unspecified atom stereocenters. The molecular formula is C12H15N3O2. The summed E-state index contributed by atoms with van der Waals surface area (Å²) >= 11 is 0. The lowest BCUT2D eigenvalue weighted by Crippen LogP contribution is -2.41. The zero-order valence-electron chi connectivity index (χ0n) is 9.86. The summed E-state index contributed by atoms with van der Waals surface area (Å²) in [6.45, 7) is 0. The quantitative estimate of drug-likeness (QED) is 0.547. The van der Waals surface area contributed by atoms with E-state index in [1.807, 2.05) is 0 Å². The first-order valence-corrected chi connectivity index (χ1v) is 5.40. The Hall–Kier alpha value is -2.04. The first kappa shape index (κ1) is 11.4. The fourth-order valence-electron chi connectivity index (χ4n) is 1.98. The third-order valence-electron chi connectivity index (χ3n) is 2.93. The molecule has 1 aromatic rings. The van der Waals surface area contributed by atoms with Gasteiger partial charge in [-0.2, -0.15) is 0 Å². The van der Waals surface area contributed by atoms with Crippen LogP contribution in [0.3, 0.4) is 0 Å². The number of anilines is 2. The van der Waals surface area contributed by atoms with Gasteiger partial charge >= 0.3 is 0 Å². The van der Waals surface area contributed by atoms with E-state index in [9.17, 15) is 9.59 Å². The van der Waals surface area contributed by atoms with Gasteiger partial charge in [-0.15, -0.1) is 0 Å². The van der Waals surface area contributed by atoms with Crippen LogP contribution in [0.25, 0.3) is 0 Å². The maximum Gasteiger partial charge on any atom is 0.237 e. The molecular weight excluding hydrogens is 218 g/mol. The van der Waals surface area contributed by atoms with Crippen LogP contribution in [0.1, 0.15) is 5.56 Å². The molecule has 5 nitrogen and oxygen atoms in total. The average molecular weight is 233 g/mol. The summed E-state index contributed by atoms with van der Waals surface area (Å²) in [6, 6.07) is 5.34. The highest BCUT2D eigenvalue weighted by Gasteiger charge is 2.33. The minimum absolute atomic E-state index is 0.198. The average Bonchev–Trinajstić information content (AvgIpc) is 2.27. The molecule has 2 amide bonds. The molecule has 17 heavy (non-hydrogen) atoms. The fourth-order valence-corrected chi connectivity index (χ4v) is 1.98. The summed E-state index contributed by atoms with van der Waals surface area (Å²) in [7, 11) is 3.28. The molecule has 0 aliphatic carbocycles. The Labute approximate surface area is 99.6 Å². The van der Waals surface area contributed by atoms with Crippen molar-refractivity contribution in [2.24, 2.45) is 5.92 Å². The summed E-state index contributed by atoms with van der Waals surface area (Å²) in [5.74, 6) is -1.14. The van der Waals surface area contributed by atoms with E-state index in [2.05, 4.69) is 5.32 Å². The van der Waals surface area contributed by atoms with Gasteiger partial charge in [0.1, 0.15) is 5.92 Å². The lowest BCUT2D eigenvalue weighted by atomic mass is 9.91. The lowest BCUT2D eigenvalue weighted by molar-refractivity contribution is -0.138. The number of nitrogens with zero attached hydrogens (tertiary/aromatic N) is 1. The number of amides is 2. The number of carbonyl (C=O) groups excluding carboxylic acids is 2. The molecule has 90 valence electrons. The summed E-state index contributed by atoms with van der Waals surface area (Å²) < 4.78 is 0. The van der Waals surface area contributed by atoms with Gasteiger partial charge in [0.2, 0.25) is 11.8 Å². The second kappa shape index (κ2) is 4.08. The molecule has 1 atom stereocenters. The van der Waals surface area contributed by atoms with Crippen molar-refractivity contribution in [3.63, 3.8) is 0 Å². The number of nitrogen functional groups attached to an aromatic ring is 1. The molecule has 5 heteroatoms. The molecule has 0 fully saturated rings. The van der Waals surface area contributed by atoms with E-state index in [0.29, 0.717) is 17.8 Å². The van der Waals surface area contributed by atoms with E-state index >= 15 is 0 Å². The summed E-state index contributed by atoms with van der Waals surface area (Å²) in [5, 5.41) is 2.72. The van der Waals surface area contributed by atoms with Crippen molar-refractivity contribution in [3.8, 4) is 0 Å². The van der Waals surface area contributed by atoms with Crippen molar-refractivity contribution in [2.75, 3.05) is 25.1 Å². The van der Waals surface area contributed by atoms with E-state index in [-0.39, 0.29) is 11.8 Å². The zero-order valence-corrected chi connectivity index (χ0v) is 9.86. The Morgan fingerprint density at radius 2 is 2.18 bits per heavy atom.